The highest BCUT2D eigenvalue weighted by atomic mass is 16.7. The lowest BCUT2D eigenvalue weighted by Gasteiger charge is -2.63. The summed E-state index contributed by atoms with van der Waals surface area (Å²) in [6.07, 6.45) is -10.3. The molecule has 0 amide bonds. The Bertz CT molecular complexity index is 1530. The predicted molar refractivity (Wildman–Crippen MR) is 206 cm³/mol. The molecular weight excluding hydrogens is 772 g/mol. The molecule has 0 aromatic carbocycles. The Morgan fingerprint density at radius 3 is 1.90 bits per heavy atom. The summed E-state index contributed by atoms with van der Waals surface area (Å²) in [4.78, 5) is 14.2. The Morgan fingerprint density at radius 1 is 0.729 bits per heavy atom. The lowest BCUT2D eigenvalue weighted by molar-refractivity contribution is -0.310. The largest absolute Gasteiger partial charge is 0.432 e. The molecule has 0 radical (unpaired) electrons. The van der Waals surface area contributed by atoms with Crippen LogP contribution in [0, 0.1) is 56.7 Å². The second-order valence-corrected chi connectivity index (χ2v) is 21.0. The fourth-order valence-corrected chi connectivity index (χ4v) is 14.3. The number of aliphatic hydroxyl groups is 11. The minimum Gasteiger partial charge on any atom is -0.432 e. The van der Waals surface area contributed by atoms with Crippen LogP contribution in [0.4, 0.5) is 0 Å². The first kappa shape index (κ1) is 45.9. The first-order chi connectivity index (χ1) is 27.5. The van der Waals surface area contributed by atoms with Crippen LogP contribution in [0.25, 0.3) is 0 Å². The van der Waals surface area contributed by atoms with Crippen molar-refractivity contribution in [3.8, 4) is 0 Å². The van der Waals surface area contributed by atoms with E-state index in [1.54, 1.807) is 6.92 Å². The quantitative estimate of drug-likeness (QED) is 0.113. The molecule has 0 unspecified atom stereocenters. The van der Waals surface area contributed by atoms with Gasteiger partial charge in [-0.15, -0.1) is 0 Å². The van der Waals surface area contributed by atoms with E-state index in [1.165, 1.54) is 0 Å². The molecule has 22 atom stereocenters. The zero-order chi connectivity index (χ0) is 43.4. The van der Waals surface area contributed by atoms with Gasteiger partial charge < -0.3 is 75.1 Å². The number of rotatable bonds is 12. The van der Waals surface area contributed by atoms with Gasteiger partial charge in [-0.2, -0.15) is 0 Å². The average molecular weight is 845 g/mol. The number of hydrogen-bond donors (Lipinski definition) is 11. The average Bonchev–Trinajstić information content (AvgIpc) is 3.82. The summed E-state index contributed by atoms with van der Waals surface area (Å²) < 4.78 is 22.6. The second-order valence-electron chi connectivity index (χ2n) is 21.0. The zero-order valence-electron chi connectivity index (χ0n) is 35.5. The van der Waals surface area contributed by atoms with Gasteiger partial charge in [0.2, 0.25) is 6.29 Å². The lowest BCUT2D eigenvalue weighted by Crippen LogP contribution is -2.65. The maximum absolute atomic E-state index is 14.2. The Labute approximate surface area is 346 Å². The van der Waals surface area contributed by atoms with Crippen LogP contribution >= 0.6 is 0 Å². The predicted octanol–water partition coefficient (Wildman–Crippen LogP) is -0.300. The van der Waals surface area contributed by atoms with Crippen molar-refractivity contribution in [1.29, 1.82) is 0 Å². The van der Waals surface area contributed by atoms with E-state index in [1.807, 2.05) is 13.8 Å². The summed E-state index contributed by atoms with van der Waals surface area (Å²) in [5, 5.41) is 117. The summed E-state index contributed by atoms with van der Waals surface area (Å²) in [7, 11) is 0. The lowest BCUT2D eigenvalue weighted by atomic mass is 9.41. The number of esters is 1. The van der Waals surface area contributed by atoms with E-state index >= 15 is 0 Å². The third kappa shape index (κ3) is 6.63. The van der Waals surface area contributed by atoms with Gasteiger partial charge in [0.15, 0.2) is 6.29 Å². The van der Waals surface area contributed by atoms with E-state index in [4.69, 9.17) is 18.9 Å². The van der Waals surface area contributed by atoms with Gasteiger partial charge in [-0.3, -0.25) is 4.79 Å². The van der Waals surface area contributed by atoms with E-state index in [-0.39, 0.29) is 47.0 Å². The van der Waals surface area contributed by atoms with Crippen molar-refractivity contribution in [1.82, 2.24) is 0 Å². The highest BCUT2D eigenvalue weighted by Gasteiger charge is 2.86. The van der Waals surface area contributed by atoms with Crippen molar-refractivity contribution >= 4 is 5.97 Å². The molecule has 0 aromatic rings. The molecule has 2 aliphatic heterocycles. The van der Waals surface area contributed by atoms with Crippen LogP contribution in [0.5, 0.6) is 0 Å². The van der Waals surface area contributed by atoms with Crippen molar-refractivity contribution in [3.05, 3.63) is 0 Å². The standard InChI is InChI=1S/C43H72O16/c1-20(2)42(55,19-56-35-33(52)31(50)29(48)23(16-44)57-35)12-9-21(3)22-10-11-39(5)25-7-8-26-40(6,37(54)59-36-34(53)32(51)30(49)24(17-45)58-36)27(46)15-28(47)43(26)18-41(25,43)14-13-38(22,39)4/h20-36,44-53,55H,7-19H2,1-6H3/t21-,22+,23+,24+,25-,26-,27-,28+,29-,30+,31+,32+,33+,34+,35-,36+,38-,39-,40-,41-,42-,43+/m1/s1. The second kappa shape index (κ2) is 15.9. The normalized spacial score (nSPS) is 53.4. The summed E-state index contributed by atoms with van der Waals surface area (Å²) in [5.74, 6) is -0.624. The molecule has 2 saturated heterocycles. The summed E-state index contributed by atoms with van der Waals surface area (Å²) >= 11 is 0. The minimum absolute atomic E-state index is 0.0161. The molecule has 7 aliphatic rings. The number of ether oxygens (including phenoxy) is 4. The third-order valence-electron chi connectivity index (χ3n) is 18.5. The van der Waals surface area contributed by atoms with Crippen LogP contribution in [0.3, 0.4) is 0 Å². The number of fused-ring (bicyclic) bond motifs is 2. The molecule has 7 rings (SSSR count). The fourth-order valence-electron chi connectivity index (χ4n) is 14.3. The Kier molecular flexibility index (Phi) is 12.3. The smallest absolute Gasteiger partial charge is 0.317 e. The van der Waals surface area contributed by atoms with Crippen LogP contribution < -0.4 is 0 Å². The molecule has 16 heteroatoms. The third-order valence-corrected chi connectivity index (χ3v) is 18.5. The maximum atomic E-state index is 14.2. The molecular formula is C43H72O16. The van der Waals surface area contributed by atoms with E-state index in [9.17, 15) is 61.0 Å². The van der Waals surface area contributed by atoms with Crippen LogP contribution in [-0.4, -0.2) is 161 Å². The van der Waals surface area contributed by atoms with Gasteiger partial charge in [0, 0.05) is 11.8 Å². The molecule has 5 saturated carbocycles. The van der Waals surface area contributed by atoms with Gasteiger partial charge in [0.25, 0.3) is 0 Å². The first-order valence-electron chi connectivity index (χ1n) is 22.1. The Hall–Kier alpha value is -1.09. The minimum atomic E-state index is -1.78. The van der Waals surface area contributed by atoms with Crippen LogP contribution in [-0.2, 0) is 23.7 Å². The van der Waals surface area contributed by atoms with Crippen molar-refractivity contribution in [2.75, 3.05) is 19.8 Å². The highest BCUT2D eigenvalue weighted by molar-refractivity contribution is 5.78. The van der Waals surface area contributed by atoms with E-state index in [0.717, 1.165) is 38.5 Å². The molecule has 11 N–H and O–H groups in total. The fraction of sp³-hybridized carbons (Fsp3) is 0.977. The van der Waals surface area contributed by atoms with E-state index < -0.39 is 115 Å². The first-order valence-corrected chi connectivity index (χ1v) is 22.1. The summed E-state index contributed by atoms with van der Waals surface area (Å²) in [6.45, 7) is 11.1. The SMILES string of the molecule is CC(C)[C@@](O)(CC[C@@H](C)[C@@H]1CC[C@]2(C)[C@H]3CC[C@@H]4[C@@](C)(C(=O)O[C@@H]5O[C@@H](CO)[C@H](O)[C@H](O)[C@@H]5O)[C@H](O)C[C@H](O)[C@]45C[C@]35CC[C@]12C)CO[C@@H]1O[C@@H](CO)[C@@H](O)[C@H](O)[C@@H]1O. The molecule has 5 aliphatic carbocycles. The molecule has 16 nitrogen and oxygen atoms in total. The van der Waals surface area contributed by atoms with Gasteiger partial charge in [-0.25, -0.2) is 0 Å². The molecule has 59 heavy (non-hydrogen) atoms. The van der Waals surface area contributed by atoms with Gasteiger partial charge in [0.1, 0.15) is 48.8 Å². The van der Waals surface area contributed by atoms with Crippen LogP contribution in [0.15, 0.2) is 0 Å². The number of hydrogen-bond acceptors (Lipinski definition) is 16. The number of aliphatic hydroxyl groups excluding tert-OH is 10. The number of carbonyl (C=O) groups is 1. The zero-order valence-corrected chi connectivity index (χ0v) is 35.5. The monoisotopic (exact) mass is 844 g/mol. The molecule has 2 spiro atoms. The van der Waals surface area contributed by atoms with Crippen LogP contribution in [0.2, 0.25) is 0 Å². The molecule has 0 bridgehead atoms. The summed E-state index contributed by atoms with van der Waals surface area (Å²) in [6, 6.07) is 0. The topological polar surface area (TPSA) is 277 Å². The molecule has 340 valence electrons. The van der Waals surface area contributed by atoms with Gasteiger partial charge in [0.05, 0.1) is 43.0 Å². The molecule has 7 fully saturated rings. The molecule has 0 aromatic heterocycles. The van der Waals surface area contributed by atoms with Crippen molar-refractivity contribution in [3.63, 3.8) is 0 Å². The van der Waals surface area contributed by atoms with Crippen molar-refractivity contribution < 1.29 is 79.9 Å². The highest BCUT2D eigenvalue weighted by Crippen LogP contribution is 2.89. The van der Waals surface area contributed by atoms with E-state index in [2.05, 4.69) is 20.8 Å². The van der Waals surface area contributed by atoms with Gasteiger partial charge >= 0.3 is 5.97 Å². The van der Waals surface area contributed by atoms with Crippen LogP contribution in [0.1, 0.15) is 106 Å². The maximum Gasteiger partial charge on any atom is 0.317 e. The van der Waals surface area contributed by atoms with Crippen molar-refractivity contribution in [2.24, 2.45) is 56.7 Å². The summed E-state index contributed by atoms with van der Waals surface area (Å²) in [5.41, 5.74) is -3.74. The van der Waals surface area contributed by atoms with Crippen molar-refractivity contribution in [2.45, 2.75) is 185 Å². The Morgan fingerprint density at radius 2 is 1.31 bits per heavy atom. The van der Waals surface area contributed by atoms with Gasteiger partial charge in [-0.1, -0.05) is 34.6 Å². The Balaban J connectivity index is 1.05. The van der Waals surface area contributed by atoms with E-state index in [0.29, 0.717) is 25.2 Å². The molecule has 2 heterocycles. The van der Waals surface area contributed by atoms with Gasteiger partial charge in [-0.05, 0) is 111 Å². The number of carbonyl (C=O) groups excluding carboxylic acids is 1.